The summed E-state index contributed by atoms with van der Waals surface area (Å²) in [5, 5.41) is 20.8. The summed E-state index contributed by atoms with van der Waals surface area (Å²) in [6.07, 6.45) is 2.90. The van der Waals surface area contributed by atoms with E-state index < -0.39 is 6.10 Å². The van der Waals surface area contributed by atoms with Gasteiger partial charge in [0.2, 0.25) is 0 Å². The number of carbonyl (C=O) groups excluding carboxylic acids is 1. The van der Waals surface area contributed by atoms with Gasteiger partial charge in [0.05, 0.1) is 17.8 Å². The van der Waals surface area contributed by atoms with Crippen molar-refractivity contribution in [2.24, 2.45) is 0 Å². The monoisotopic (exact) mass is 352 g/mol. The maximum absolute atomic E-state index is 12.3. The zero-order chi connectivity index (χ0) is 18.1. The minimum atomic E-state index is -0.571. The van der Waals surface area contributed by atoms with Crippen LogP contribution in [0.5, 0.6) is 0 Å². The van der Waals surface area contributed by atoms with E-state index in [0.717, 1.165) is 18.4 Å². The predicted molar refractivity (Wildman–Crippen MR) is 94.3 cm³/mol. The molecule has 0 spiro atoms. The van der Waals surface area contributed by atoms with E-state index in [1.165, 1.54) is 0 Å². The fraction of sp³-hybridized carbons (Fsp3) is 0.316. The van der Waals surface area contributed by atoms with Crippen molar-refractivity contribution in [3.8, 4) is 11.3 Å². The van der Waals surface area contributed by atoms with E-state index in [-0.39, 0.29) is 23.7 Å². The molecule has 134 valence electrons. The number of hydrogen-bond donors (Lipinski definition) is 2. The maximum atomic E-state index is 12.3. The number of nitrogens with one attached hydrogen (secondary N) is 1. The summed E-state index contributed by atoms with van der Waals surface area (Å²) >= 11 is 0. The van der Waals surface area contributed by atoms with Gasteiger partial charge in [0.25, 0.3) is 5.91 Å². The van der Waals surface area contributed by atoms with Crippen LogP contribution in [0.3, 0.4) is 0 Å². The van der Waals surface area contributed by atoms with Gasteiger partial charge in [-0.3, -0.25) is 9.48 Å². The molecule has 0 unspecified atom stereocenters. The largest absolute Gasteiger partial charge is 0.387 e. The van der Waals surface area contributed by atoms with Crippen molar-refractivity contribution in [3.63, 3.8) is 0 Å². The Kier molecular flexibility index (Phi) is 4.30. The first kappa shape index (κ1) is 16.5. The van der Waals surface area contributed by atoms with Crippen molar-refractivity contribution in [1.29, 1.82) is 0 Å². The molecule has 2 N–H and O–H groups in total. The molecule has 1 atom stereocenters. The molecule has 0 bridgehead atoms. The van der Waals surface area contributed by atoms with E-state index in [4.69, 9.17) is 4.52 Å². The number of aliphatic hydroxyl groups excluding tert-OH is 1. The molecule has 7 nitrogen and oxygen atoms in total. The highest BCUT2D eigenvalue weighted by Crippen LogP contribution is 2.32. The third kappa shape index (κ3) is 3.25. The summed E-state index contributed by atoms with van der Waals surface area (Å²) in [4.78, 5) is 12.3. The number of carbonyl (C=O) groups is 1. The van der Waals surface area contributed by atoms with E-state index in [9.17, 15) is 9.90 Å². The second-order valence-electron chi connectivity index (χ2n) is 6.63. The van der Waals surface area contributed by atoms with Crippen LogP contribution < -0.4 is 5.32 Å². The third-order valence-electron chi connectivity index (χ3n) is 4.68. The third-order valence-corrected chi connectivity index (χ3v) is 4.68. The lowest BCUT2D eigenvalue weighted by molar-refractivity contribution is 0.0879. The van der Waals surface area contributed by atoms with E-state index in [2.05, 4.69) is 15.6 Å². The topological polar surface area (TPSA) is 93.2 Å². The van der Waals surface area contributed by atoms with Crippen LogP contribution in [0, 0.1) is 0 Å². The molecule has 3 aromatic rings. The highest BCUT2D eigenvalue weighted by Gasteiger charge is 2.33. The quantitative estimate of drug-likeness (QED) is 0.736. The van der Waals surface area contributed by atoms with E-state index >= 15 is 0 Å². The molecule has 7 heteroatoms. The molecule has 2 aromatic heterocycles. The molecule has 1 aliphatic carbocycles. The van der Waals surface area contributed by atoms with Crippen LogP contribution in [0.4, 0.5) is 0 Å². The molecule has 1 aromatic carbocycles. The van der Waals surface area contributed by atoms with Gasteiger partial charge in [-0.05, 0) is 25.8 Å². The van der Waals surface area contributed by atoms with Crippen LogP contribution in [0.15, 0.2) is 53.2 Å². The lowest BCUT2D eigenvalue weighted by atomic mass is 9.87. The number of amides is 1. The van der Waals surface area contributed by atoms with E-state index in [0.29, 0.717) is 11.5 Å². The highest BCUT2D eigenvalue weighted by molar-refractivity contribution is 5.93. The SMILES string of the molecule is C[C@H](O)c1ccn([C@H]2C[C@H](NC(=O)c3cc(-c4ccccc4)on3)C2)n1. The minimum absolute atomic E-state index is 0.0866. The molecule has 1 amide bonds. The van der Waals surface area contributed by atoms with Crippen LogP contribution in [-0.2, 0) is 0 Å². The Balaban J connectivity index is 1.33. The molecule has 0 aliphatic heterocycles. The fourth-order valence-electron chi connectivity index (χ4n) is 3.08. The molecule has 1 saturated carbocycles. The highest BCUT2D eigenvalue weighted by atomic mass is 16.5. The molecular formula is C19H20N4O3. The lowest BCUT2D eigenvalue weighted by Gasteiger charge is -2.35. The maximum Gasteiger partial charge on any atom is 0.273 e. The number of benzene rings is 1. The van der Waals surface area contributed by atoms with Gasteiger partial charge in [-0.1, -0.05) is 35.5 Å². The summed E-state index contributed by atoms with van der Waals surface area (Å²) in [7, 11) is 0. The first-order valence-corrected chi connectivity index (χ1v) is 8.66. The number of rotatable bonds is 5. The van der Waals surface area contributed by atoms with Crippen molar-refractivity contribution < 1.29 is 14.4 Å². The summed E-state index contributed by atoms with van der Waals surface area (Å²) in [6.45, 7) is 1.69. The van der Waals surface area contributed by atoms with Crippen LogP contribution in [0.1, 0.15) is 48.1 Å². The second-order valence-corrected chi connectivity index (χ2v) is 6.63. The average molecular weight is 352 g/mol. The Morgan fingerprint density at radius 3 is 2.77 bits per heavy atom. The molecule has 4 rings (SSSR count). The number of nitrogens with zero attached hydrogens (tertiary/aromatic N) is 3. The van der Waals surface area contributed by atoms with E-state index in [1.807, 2.05) is 47.3 Å². The zero-order valence-corrected chi connectivity index (χ0v) is 14.4. The summed E-state index contributed by atoms with van der Waals surface area (Å²) in [6, 6.07) is 13.3. The Morgan fingerprint density at radius 1 is 1.31 bits per heavy atom. The number of hydrogen-bond acceptors (Lipinski definition) is 5. The molecule has 2 heterocycles. The van der Waals surface area contributed by atoms with Gasteiger partial charge in [-0.2, -0.15) is 5.10 Å². The van der Waals surface area contributed by atoms with Crippen molar-refractivity contribution >= 4 is 5.91 Å². The molecule has 1 aliphatic rings. The Labute approximate surface area is 150 Å². The number of aromatic nitrogens is 3. The van der Waals surface area contributed by atoms with Gasteiger partial charge in [0, 0.05) is 23.9 Å². The average Bonchev–Trinajstić information content (AvgIpc) is 3.28. The summed E-state index contributed by atoms with van der Waals surface area (Å²) in [5.74, 6) is 0.342. The first-order valence-electron chi connectivity index (χ1n) is 8.66. The molecule has 0 saturated heterocycles. The molecule has 26 heavy (non-hydrogen) atoms. The van der Waals surface area contributed by atoms with Crippen molar-refractivity contribution in [3.05, 3.63) is 60.0 Å². The molecule has 0 radical (unpaired) electrons. The van der Waals surface area contributed by atoms with Crippen molar-refractivity contribution in [1.82, 2.24) is 20.3 Å². The first-order chi connectivity index (χ1) is 12.6. The van der Waals surface area contributed by atoms with Crippen LogP contribution in [-0.4, -0.2) is 32.0 Å². The molecule has 1 fully saturated rings. The van der Waals surface area contributed by atoms with Gasteiger partial charge in [-0.25, -0.2) is 0 Å². The molecular weight excluding hydrogens is 332 g/mol. The second kappa shape index (κ2) is 6.76. The summed E-state index contributed by atoms with van der Waals surface area (Å²) < 4.78 is 7.13. The summed E-state index contributed by atoms with van der Waals surface area (Å²) in [5.41, 5.74) is 1.83. The standard InChI is InChI=1S/C19H20N4O3/c1-12(24)16-7-8-23(21-16)15-9-14(10-15)20-19(25)17-11-18(26-22-17)13-5-3-2-4-6-13/h2-8,11-12,14-15,24H,9-10H2,1H3,(H,20,25)/t12-,14-,15-/m0/s1. The van der Waals surface area contributed by atoms with Crippen molar-refractivity contribution in [2.75, 3.05) is 0 Å². The van der Waals surface area contributed by atoms with Gasteiger partial charge in [0.15, 0.2) is 11.5 Å². The predicted octanol–water partition coefficient (Wildman–Crippen LogP) is 2.72. The van der Waals surface area contributed by atoms with Crippen LogP contribution >= 0.6 is 0 Å². The van der Waals surface area contributed by atoms with Crippen LogP contribution in [0.2, 0.25) is 0 Å². The Hall–Kier alpha value is -2.93. The lowest BCUT2D eigenvalue weighted by Crippen LogP contribution is -2.45. The van der Waals surface area contributed by atoms with Gasteiger partial charge in [0.1, 0.15) is 0 Å². The van der Waals surface area contributed by atoms with Gasteiger partial charge < -0.3 is 14.9 Å². The minimum Gasteiger partial charge on any atom is -0.387 e. The Bertz CT molecular complexity index is 894. The van der Waals surface area contributed by atoms with Gasteiger partial charge >= 0.3 is 0 Å². The number of aliphatic hydroxyl groups is 1. The normalized spacial score (nSPS) is 20.4. The van der Waals surface area contributed by atoms with Crippen molar-refractivity contribution in [2.45, 2.75) is 38.0 Å². The van der Waals surface area contributed by atoms with E-state index in [1.54, 1.807) is 13.0 Å². The fourth-order valence-corrected chi connectivity index (χ4v) is 3.08. The Morgan fingerprint density at radius 2 is 2.08 bits per heavy atom. The van der Waals surface area contributed by atoms with Crippen LogP contribution in [0.25, 0.3) is 11.3 Å². The zero-order valence-electron chi connectivity index (χ0n) is 14.4. The van der Waals surface area contributed by atoms with Gasteiger partial charge in [-0.15, -0.1) is 0 Å². The smallest absolute Gasteiger partial charge is 0.273 e.